The molecule has 2 aliphatic heterocycles. The van der Waals surface area contributed by atoms with Gasteiger partial charge in [0.25, 0.3) is 5.91 Å². The van der Waals surface area contributed by atoms with Crippen LogP contribution in [0.3, 0.4) is 0 Å². The fraction of sp³-hybridized carbons (Fsp3) is 0.353. The summed E-state index contributed by atoms with van der Waals surface area (Å²) in [5.74, 6) is 1.05. The van der Waals surface area contributed by atoms with Crippen LogP contribution in [0.15, 0.2) is 41.4 Å². The van der Waals surface area contributed by atoms with Gasteiger partial charge in [-0.05, 0) is 48.6 Å². The summed E-state index contributed by atoms with van der Waals surface area (Å²) < 4.78 is 3.17. The maximum absolute atomic E-state index is 12.9. The van der Waals surface area contributed by atoms with Crippen LogP contribution in [0, 0.1) is 5.92 Å². The summed E-state index contributed by atoms with van der Waals surface area (Å²) in [5.41, 5.74) is 1.73. The lowest BCUT2D eigenvalue weighted by atomic mass is 10.0. The highest BCUT2D eigenvalue weighted by molar-refractivity contribution is 8.00. The first-order chi connectivity index (χ1) is 11.8. The standard InChI is InChI=1S/C17H19N5OS/c23-16-13-2-1-3-15(9-13)24-21-17-19-5-4-14(20-17)8-12-10-18-6-7-22(16)11-12/h1-5,9,12,18H,6-8,10-11H2,(H,19,20,21). The summed E-state index contributed by atoms with van der Waals surface area (Å²) >= 11 is 1.43. The molecule has 4 rings (SSSR count). The number of carbonyl (C=O) groups is 1. The van der Waals surface area contributed by atoms with Gasteiger partial charge in [0, 0.05) is 48.5 Å². The molecule has 0 aliphatic carbocycles. The number of nitrogens with zero attached hydrogens (tertiary/aromatic N) is 3. The minimum Gasteiger partial charge on any atom is -0.337 e. The van der Waals surface area contributed by atoms with E-state index in [9.17, 15) is 4.79 Å². The van der Waals surface area contributed by atoms with Gasteiger partial charge in [-0.25, -0.2) is 9.97 Å². The Labute approximate surface area is 145 Å². The van der Waals surface area contributed by atoms with Crippen LogP contribution in [0.2, 0.25) is 0 Å². The van der Waals surface area contributed by atoms with Gasteiger partial charge >= 0.3 is 0 Å². The first-order valence-electron chi connectivity index (χ1n) is 8.13. The molecule has 1 aromatic carbocycles. The van der Waals surface area contributed by atoms with Crippen LogP contribution < -0.4 is 10.0 Å². The van der Waals surface area contributed by atoms with E-state index in [1.807, 2.05) is 35.2 Å². The Morgan fingerprint density at radius 2 is 2.25 bits per heavy atom. The average molecular weight is 341 g/mol. The SMILES string of the molecule is O=C1c2cccc(c2)SNc2nccc(n2)CC2CNCCN1C2. The predicted octanol–water partition coefficient (Wildman–Crippen LogP) is 1.81. The molecular weight excluding hydrogens is 322 g/mol. The molecule has 0 spiro atoms. The van der Waals surface area contributed by atoms with Crippen molar-refractivity contribution in [1.82, 2.24) is 20.2 Å². The van der Waals surface area contributed by atoms with Crippen molar-refractivity contribution in [3.8, 4) is 0 Å². The molecule has 1 unspecified atom stereocenters. The third-order valence-corrected chi connectivity index (χ3v) is 5.08. The first kappa shape index (κ1) is 15.4. The van der Waals surface area contributed by atoms with E-state index in [2.05, 4.69) is 20.0 Å². The third-order valence-electron chi connectivity index (χ3n) is 4.31. The number of benzene rings is 1. The van der Waals surface area contributed by atoms with Crippen LogP contribution >= 0.6 is 11.9 Å². The average Bonchev–Trinajstić information content (AvgIpc) is 2.85. The number of carbonyl (C=O) groups excluding carboxylic acids is 1. The molecule has 0 saturated carbocycles. The Morgan fingerprint density at radius 1 is 1.29 bits per heavy atom. The molecule has 0 radical (unpaired) electrons. The van der Waals surface area contributed by atoms with Crippen molar-refractivity contribution in [3.05, 3.63) is 47.8 Å². The Morgan fingerprint density at radius 3 is 3.21 bits per heavy atom. The summed E-state index contributed by atoms with van der Waals surface area (Å²) in [4.78, 5) is 24.7. The molecule has 2 aliphatic rings. The minimum absolute atomic E-state index is 0.100. The highest BCUT2D eigenvalue weighted by Crippen LogP contribution is 2.22. The second-order valence-electron chi connectivity index (χ2n) is 6.13. The van der Waals surface area contributed by atoms with Gasteiger partial charge in [0.05, 0.1) is 0 Å². The zero-order valence-corrected chi connectivity index (χ0v) is 14.1. The lowest BCUT2D eigenvalue weighted by Crippen LogP contribution is -2.36. The number of nitrogens with one attached hydrogen (secondary N) is 2. The van der Waals surface area contributed by atoms with Gasteiger partial charge in [0.1, 0.15) is 0 Å². The normalized spacial score (nSPS) is 20.9. The molecule has 6 bridgehead atoms. The van der Waals surface area contributed by atoms with Crippen LogP contribution in [-0.4, -0.2) is 47.0 Å². The number of amides is 1. The Hall–Kier alpha value is -2.12. The molecule has 1 atom stereocenters. The highest BCUT2D eigenvalue weighted by Gasteiger charge is 2.24. The molecule has 1 aromatic heterocycles. The molecule has 6 nitrogen and oxygen atoms in total. The van der Waals surface area contributed by atoms with Gasteiger partial charge in [0.15, 0.2) is 0 Å². The van der Waals surface area contributed by atoms with Crippen molar-refractivity contribution in [2.45, 2.75) is 11.3 Å². The molecule has 1 saturated heterocycles. The Bertz CT molecular complexity index is 753. The number of hydrogen-bond acceptors (Lipinski definition) is 6. The highest BCUT2D eigenvalue weighted by atomic mass is 32.2. The van der Waals surface area contributed by atoms with E-state index in [0.717, 1.165) is 48.8 Å². The number of fused-ring (bicyclic) bond motifs is 6. The second-order valence-corrected chi connectivity index (χ2v) is 7.01. The number of anilines is 1. The molecule has 1 amide bonds. The fourth-order valence-electron chi connectivity index (χ4n) is 3.14. The van der Waals surface area contributed by atoms with Crippen LogP contribution in [0.5, 0.6) is 0 Å². The molecule has 2 aromatic rings. The summed E-state index contributed by atoms with van der Waals surface area (Å²) in [6.45, 7) is 3.20. The fourth-order valence-corrected chi connectivity index (χ4v) is 3.78. The van der Waals surface area contributed by atoms with E-state index in [0.29, 0.717) is 11.9 Å². The second kappa shape index (κ2) is 6.78. The van der Waals surface area contributed by atoms with E-state index in [1.165, 1.54) is 11.9 Å². The van der Waals surface area contributed by atoms with Crippen molar-refractivity contribution < 1.29 is 4.79 Å². The molecule has 7 heteroatoms. The van der Waals surface area contributed by atoms with E-state index in [4.69, 9.17) is 0 Å². The lowest BCUT2D eigenvalue weighted by Gasteiger charge is -2.24. The maximum Gasteiger partial charge on any atom is 0.253 e. The van der Waals surface area contributed by atoms with E-state index < -0.39 is 0 Å². The number of aromatic nitrogens is 2. The summed E-state index contributed by atoms with van der Waals surface area (Å²) in [6.07, 6.45) is 2.62. The predicted molar refractivity (Wildman–Crippen MR) is 93.9 cm³/mol. The van der Waals surface area contributed by atoms with Crippen LogP contribution in [-0.2, 0) is 6.42 Å². The molecule has 24 heavy (non-hydrogen) atoms. The van der Waals surface area contributed by atoms with Gasteiger partial charge < -0.3 is 10.2 Å². The zero-order chi connectivity index (χ0) is 16.4. The zero-order valence-electron chi connectivity index (χ0n) is 13.2. The minimum atomic E-state index is 0.100. The quantitative estimate of drug-likeness (QED) is 0.712. The molecule has 1 fully saturated rings. The van der Waals surface area contributed by atoms with Crippen molar-refractivity contribution in [2.75, 3.05) is 30.9 Å². The van der Waals surface area contributed by atoms with Crippen LogP contribution in [0.4, 0.5) is 5.95 Å². The largest absolute Gasteiger partial charge is 0.337 e. The first-order valence-corrected chi connectivity index (χ1v) is 8.94. The Kier molecular flexibility index (Phi) is 4.36. The van der Waals surface area contributed by atoms with Crippen LogP contribution in [0.25, 0.3) is 0 Å². The summed E-state index contributed by atoms with van der Waals surface area (Å²) in [7, 11) is 0. The topological polar surface area (TPSA) is 70.1 Å². The monoisotopic (exact) mass is 341 g/mol. The number of hydrogen-bond donors (Lipinski definition) is 2. The molecule has 124 valence electrons. The van der Waals surface area contributed by atoms with Crippen molar-refractivity contribution in [2.24, 2.45) is 5.92 Å². The number of rotatable bonds is 0. The van der Waals surface area contributed by atoms with E-state index in [-0.39, 0.29) is 5.91 Å². The molecular formula is C17H19N5OS. The van der Waals surface area contributed by atoms with Gasteiger partial charge in [-0.2, -0.15) is 0 Å². The molecule has 2 N–H and O–H groups in total. The Balaban J connectivity index is 1.73. The van der Waals surface area contributed by atoms with Gasteiger partial charge in [-0.1, -0.05) is 6.07 Å². The van der Waals surface area contributed by atoms with Gasteiger partial charge in [-0.3, -0.25) is 9.52 Å². The maximum atomic E-state index is 12.9. The van der Waals surface area contributed by atoms with Gasteiger partial charge in [-0.15, -0.1) is 0 Å². The third kappa shape index (κ3) is 3.37. The lowest BCUT2D eigenvalue weighted by molar-refractivity contribution is 0.0747. The van der Waals surface area contributed by atoms with E-state index >= 15 is 0 Å². The van der Waals surface area contributed by atoms with Crippen molar-refractivity contribution in [1.29, 1.82) is 0 Å². The molecule has 3 heterocycles. The van der Waals surface area contributed by atoms with Crippen molar-refractivity contribution >= 4 is 23.8 Å². The summed E-state index contributed by atoms with van der Waals surface area (Å²) in [5, 5.41) is 3.44. The van der Waals surface area contributed by atoms with Gasteiger partial charge in [0.2, 0.25) is 5.95 Å². The van der Waals surface area contributed by atoms with Crippen LogP contribution in [0.1, 0.15) is 16.1 Å². The van der Waals surface area contributed by atoms with Crippen molar-refractivity contribution in [3.63, 3.8) is 0 Å². The smallest absolute Gasteiger partial charge is 0.253 e. The summed E-state index contributed by atoms with van der Waals surface area (Å²) in [6, 6.07) is 9.66. The van der Waals surface area contributed by atoms with E-state index in [1.54, 1.807) is 6.20 Å².